The first-order valence-electron chi connectivity index (χ1n) is 6.43. The van der Waals surface area contributed by atoms with Gasteiger partial charge < -0.3 is 9.80 Å². The molecular formula is C14H21N3O. The summed E-state index contributed by atoms with van der Waals surface area (Å²) < 4.78 is 0. The Morgan fingerprint density at radius 2 is 2.33 bits per heavy atom. The number of rotatable bonds is 4. The van der Waals surface area contributed by atoms with Crippen molar-refractivity contribution in [1.29, 1.82) is 0 Å². The average molecular weight is 247 g/mol. The molecule has 0 spiro atoms. The summed E-state index contributed by atoms with van der Waals surface area (Å²) in [5.41, 5.74) is 0.674. The Bertz CT molecular complexity index is 416. The van der Waals surface area contributed by atoms with Gasteiger partial charge >= 0.3 is 0 Å². The van der Waals surface area contributed by atoms with Gasteiger partial charge in [0.15, 0.2) is 5.78 Å². The predicted molar refractivity (Wildman–Crippen MR) is 73.1 cm³/mol. The topological polar surface area (TPSA) is 36.4 Å². The fourth-order valence-electron chi connectivity index (χ4n) is 2.48. The lowest BCUT2D eigenvalue weighted by Gasteiger charge is -2.22. The van der Waals surface area contributed by atoms with Crippen molar-refractivity contribution in [1.82, 2.24) is 9.88 Å². The minimum Gasteiger partial charge on any atom is -0.359 e. The Labute approximate surface area is 109 Å². The lowest BCUT2D eigenvalue weighted by atomic mass is 10.1. The van der Waals surface area contributed by atoms with Crippen LogP contribution in [-0.4, -0.2) is 49.4 Å². The van der Waals surface area contributed by atoms with Gasteiger partial charge in [0.05, 0.1) is 0 Å². The van der Waals surface area contributed by atoms with Gasteiger partial charge in [-0.25, -0.2) is 4.98 Å². The third kappa shape index (κ3) is 3.07. The summed E-state index contributed by atoms with van der Waals surface area (Å²) in [7, 11) is 4.23. The molecule has 1 aromatic heterocycles. The van der Waals surface area contributed by atoms with Gasteiger partial charge in [0.2, 0.25) is 0 Å². The predicted octanol–water partition coefficient (Wildman–Crippen LogP) is 1.67. The van der Waals surface area contributed by atoms with Crippen molar-refractivity contribution in [3.05, 3.63) is 23.9 Å². The Kier molecular flexibility index (Phi) is 3.97. The van der Waals surface area contributed by atoms with Crippen molar-refractivity contribution >= 4 is 11.6 Å². The highest BCUT2D eigenvalue weighted by molar-refractivity contribution is 5.93. The summed E-state index contributed by atoms with van der Waals surface area (Å²) in [6.45, 7) is 4.94. The first kappa shape index (κ1) is 13.0. The van der Waals surface area contributed by atoms with Crippen molar-refractivity contribution < 1.29 is 4.79 Å². The molecule has 0 radical (unpaired) electrons. The van der Waals surface area contributed by atoms with Crippen LogP contribution >= 0.6 is 0 Å². The number of aromatic nitrogens is 1. The monoisotopic (exact) mass is 247 g/mol. The normalized spacial score (nSPS) is 20.1. The van der Waals surface area contributed by atoms with E-state index in [9.17, 15) is 4.79 Å². The summed E-state index contributed by atoms with van der Waals surface area (Å²) in [5, 5.41) is 0. The molecular weight excluding hydrogens is 226 g/mol. The highest BCUT2D eigenvalue weighted by Crippen LogP contribution is 2.18. The average Bonchev–Trinajstić information content (AvgIpc) is 2.75. The molecule has 0 bridgehead atoms. The zero-order valence-electron chi connectivity index (χ0n) is 11.4. The molecule has 2 rings (SSSR count). The fraction of sp³-hybridized carbons (Fsp3) is 0.571. The largest absolute Gasteiger partial charge is 0.359 e. The van der Waals surface area contributed by atoms with Gasteiger partial charge in [0.25, 0.3) is 0 Å². The minimum absolute atomic E-state index is 0.0640. The number of ketones is 1. The number of pyridine rings is 1. The van der Waals surface area contributed by atoms with Crippen molar-refractivity contribution in [2.45, 2.75) is 13.3 Å². The molecule has 0 amide bonds. The third-order valence-corrected chi connectivity index (χ3v) is 3.57. The van der Waals surface area contributed by atoms with Crippen LogP contribution in [-0.2, 0) is 0 Å². The van der Waals surface area contributed by atoms with Crippen molar-refractivity contribution in [3.8, 4) is 0 Å². The summed E-state index contributed by atoms with van der Waals surface area (Å²) >= 11 is 0. The SMILES string of the molecule is CC(=O)c1ccc(N(C)CC2CCN(C)C2)nc1. The van der Waals surface area contributed by atoms with Crippen LogP contribution in [0.3, 0.4) is 0 Å². The quantitative estimate of drug-likeness (QED) is 0.758. The van der Waals surface area contributed by atoms with Crippen LogP contribution in [0.5, 0.6) is 0 Å². The van der Waals surface area contributed by atoms with Gasteiger partial charge in [-0.2, -0.15) is 0 Å². The standard InChI is InChI=1S/C14H21N3O/c1-11(18)13-4-5-14(15-8-13)17(3)10-12-6-7-16(2)9-12/h4-5,8,12H,6-7,9-10H2,1-3H3. The molecule has 1 aliphatic heterocycles. The number of anilines is 1. The van der Waals surface area contributed by atoms with Gasteiger partial charge in [-0.1, -0.05) is 0 Å². The Morgan fingerprint density at radius 3 is 2.83 bits per heavy atom. The lowest BCUT2D eigenvalue weighted by molar-refractivity contribution is 0.101. The molecule has 1 aromatic rings. The smallest absolute Gasteiger partial charge is 0.161 e. The first-order chi connectivity index (χ1) is 8.56. The van der Waals surface area contributed by atoms with Crippen molar-refractivity contribution in [3.63, 3.8) is 0 Å². The summed E-state index contributed by atoms with van der Waals surface area (Å²) in [4.78, 5) is 20.1. The molecule has 1 fully saturated rings. The lowest BCUT2D eigenvalue weighted by Crippen LogP contribution is -2.27. The Morgan fingerprint density at radius 1 is 1.56 bits per heavy atom. The number of carbonyl (C=O) groups is 1. The molecule has 4 heteroatoms. The third-order valence-electron chi connectivity index (χ3n) is 3.57. The van der Waals surface area contributed by atoms with E-state index in [4.69, 9.17) is 0 Å². The van der Waals surface area contributed by atoms with Crippen LogP contribution in [0.25, 0.3) is 0 Å². The Balaban J connectivity index is 1.96. The molecule has 2 heterocycles. The molecule has 4 nitrogen and oxygen atoms in total. The van der Waals surface area contributed by atoms with Crippen LogP contribution in [0.15, 0.2) is 18.3 Å². The molecule has 0 saturated carbocycles. The van der Waals surface area contributed by atoms with Crippen LogP contribution < -0.4 is 4.90 Å². The number of carbonyl (C=O) groups excluding carboxylic acids is 1. The summed E-state index contributed by atoms with van der Waals surface area (Å²) in [6, 6.07) is 3.78. The highest BCUT2D eigenvalue weighted by atomic mass is 16.1. The van der Waals surface area contributed by atoms with Crippen LogP contribution in [0.4, 0.5) is 5.82 Å². The number of hydrogen-bond donors (Lipinski definition) is 0. The van der Waals surface area contributed by atoms with E-state index < -0.39 is 0 Å². The van der Waals surface area contributed by atoms with E-state index in [1.807, 2.05) is 12.1 Å². The van der Waals surface area contributed by atoms with Crippen molar-refractivity contribution in [2.75, 3.05) is 38.6 Å². The molecule has 98 valence electrons. The van der Waals surface area contributed by atoms with Crippen LogP contribution in [0.2, 0.25) is 0 Å². The maximum atomic E-state index is 11.2. The van der Waals surface area contributed by atoms with E-state index in [0.717, 1.165) is 18.9 Å². The van der Waals surface area contributed by atoms with Crippen LogP contribution in [0, 0.1) is 5.92 Å². The number of hydrogen-bond acceptors (Lipinski definition) is 4. The summed E-state index contributed by atoms with van der Waals surface area (Å²) in [6.07, 6.45) is 2.92. The molecule has 1 atom stereocenters. The van der Waals surface area contributed by atoms with E-state index >= 15 is 0 Å². The second-order valence-corrected chi connectivity index (χ2v) is 5.26. The van der Waals surface area contributed by atoms with Gasteiger partial charge in [-0.3, -0.25) is 4.79 Å². The van der Waals surface area contributed by atoms with Crippen molar-refractivity contribution in [2.24, 2.45) is 5.92 Å². The number of likely N-dealkylation sites (tertiary alicyclic amines) is 1. The fourth-order valence-corrected chi connectivity index (χ4v) is 2.48. The van der Waals surface area contributed by atoms with E-state index in [1.54, 1.807) is 13.1 Å². The molecule has 0 aromatic carbocycles. The van der Waals surface area contributed by atoms with E-state index in [2.05, 4.69) is 28.9 Å². The zero-order valence-corrected chi connectivity index (χ0v) is 11.4. The second-order valence-electron chi connectivity index (χ2n) is 5.26. The molecule has 1 saturated heterocycles. The van der Waals surface area contributed by atoms with Gasteiger partial charge in [-0.05, 0) is 45.0 Å². The first-order valence-corrected chi connectivity index (χ1v) is 6.43. The molecule has 0 aliphatic carbocycles. The van der Waals surface area contributed by atoms with E-state index in [-0.39, 0.29) is 5.78 Å². The molecule has 1 unspecified atom stereocenters. The molecule has 1 aliphatic rings. The highest BCUT2D eigenvalue weighted by Gasteiger charge is 2.21. The maximum absolute atomic E-state index is 11.2. The number of Topliss-reactive ketones (excluding diaryl/α,β-unsaturated/α-hetero) is 1. The van der Waals surface area contributed by atoms with Gasteiger partial charge in [0.1, 0.15) is 5.82 Å². The number of nitrogens with zero attached hydrogens (tertiary/aromatic N) is 3. The maximum Gasteiger partial charge on any atom is 0.161 e. The molecule has 0 N–H and O–H groups in total. The molecule has 18 heavy (non-hydrogen) atoms. The zero-order chi connectivity index (χ0) is 13.1. The Hall–Kier alpha value is -1.42. The van der Waals surface area contributed by atoms with E-state index in [1.165, 1.54) is 13.0 Å². The van der Waals surface area contributed by atoms with E-state index in [0.29, 0.717) is 11.5 Å². The van der Waals surface area contributed by atoms with Gasteiger partial charge in [0, 0.05) is 31.9 Å². The minimum atomic E-state index is 0.0640. The second kappa shape index (κ2) is 5.48. The summed E-state index contributed by atoms with van der Waals surface area (Å²) in [5.74, 6) is 1.72. The van der Waals surface area contributed by atoms with Crippen LogP contribution in [0.1, 0.15) is 23.7 Å². The van der Waals surface area contributed by atoms with Gasteiger partial charge in [-0.15, -0.1) is 0 Å².